The molecule has 312 valence electrons. The molecule has 2 saturated heterocycles. The highest BCUT2D eigenvalue weighted by Gasteiger charge is 2.33. The summed E-state index contributed by atoms with van der Waals surface area (Å²) < 4.78 is 0. The molecule has 0 bridgehead atoms. The number of rotatable bonds is 14. The van der Waals surface area contributed by atoms with Crippen molar-refractivity contribution in [1.82, 2.24) is 39.7 Å². The predicted molar refractivity (Wildman–Crippen MR) is 246 cm³/mol. The van der Waals surface area contributed by atoms with Crippen molar-refractivity contribution in [2.24, 2.45) is 0 Å². The Labute approximate surface area is 359 Å². The third kappa shape index (κ3) is 9.18. The number of aryl methyl sites for hydroxylation is 2. The number of nitrogens with one attached hydrogen (secondary N) is 4. The van der Waals surface area contributed by atoms with E-state index in [0.29, 0.717) is 11.9 Å². The van der Waals surface area contributed by atoms with E-state index in [4.69, 9.17) is 9.97 Å². The normalized spacial score (nSPS) is 16.0. The summed E-state index contributed by atoms with van der Waals surface area (Å²) in [7, 11) is 3.74. The van der Waals surface area contributed by atoms with Crippen LogP contribution in [0.5, 0.6) is 0 Å². The minimum Gasteiger partial charge on any atom is -0.369 e. The van der Waals surface area contributed by atoms with Gasteiger partial charge in [0.15, 0.2) is 16.0 Å². The summed E-state index contributed by atoms with van der Waals surface area (Å²) in [6.07, 6.45) is 3.55. The van der Waals surface area contributed by atoms with E-state index in [1.807, 2.05) is 52.2 Å². The summed E-state index contributed by atoms with van der Waals surface area (Å²) in [5, 5.41) is 14.8. The smallest absolute Gasteiger partial charge is 0.227 e. The number of hydrogen-bond acceptors (Lipinski definition) is 17. The number of carbonyl (C=O) groups excluding carboxylic acids is 1. The predicted octanol–water partition coefficient (Wildman–Crippen LogP) is 6.99. The van der Waals surface area contributed by atoms with Crippen molar-refractivity contribution < 1.29 is 4.79 Å². The van der Waals surface area contributed by atoms with Gasteiger partial charge in [-0.2, -0.15) is 0 Å². The summed E-state index contributed by atoms with van der Waals surface area (Å²) in [5.41, 5.74) is 7.67. The van der Waals surface area contributed by atoms with Crippen molar-refractivity contribution in [1.29, 1.82) is 0 Å². The molecule has 8 rings (SSSR count). The zero-order chi connectivity index (χ0) is 41.8. The number of thiazole rings is 2. The lowest BCUT2D eigenvalue weighted by Gasteiger charge is -2.42. The number of aromatic nitrogens is 6. The van der Waals surface area contributed by atoms with E-state index in [-0.39, 0.29) is 17.9 Å². The minimum atomic E-state index is -0.155. The standard InChI is InChI=1S/C43H52N14OS2/c1-27-38(59-42(44-5)48-27)35-13-15-46-40(52-35)50-31-9-7-11-33(25-31)56-21-17-54(18-22-56)29(3)37(58)30(4)55-19-23-57(24-20-55)34-12-8-10-32(26-34)51-41-47-16-14-36(53-41)39-28(2)49-43(45-6)60-39/h7-16,25-26,29-30H,17-24H2,1-6H3,(H,44,48)(H,45,49)(H,46,50,52)(H,47,51,53). The first-order valence-corrected chi connectivity index (χ1v) is 22.0. The van der Waals surface area contributed by atoms with Gasteiger partial charge in [0.05, 0.1) is 44.6 Å². The van der Waals surface area contributed by atoms with Crippen molar-refractivity contribution >= 4 is 73.4 Å². The number of carbonyl (C=O) groups is 1. The molecular weight excluding hydrogens is 793 g/mol. The van der Waals surface area contributed by atoms with Crippen LogP contribution in [-0.2, 0) is 4.79 Å². The summed E-state index contributed by atoms with van der Waals surface area (Å²) >= 11 is 3.16. The second kappa shape index (κ2) is 18.3. The average molecular weight is 845 g/mol. The molecule has 2 aliphatic heterocycles. The zero-order valence-corrected chi connectivity index (χ0v) is 36.6. The lowest BCUT2D eigenvalue weighted by Crippen LogP contribution is -2.57. The Morgan fingerprint density at radius 1 is 0.600 bits per heavy atom. The second-order valence-electron chi connectivity index (χ2n) is 15.0. The SMILES string of the molecule is CNc1nc(C)c(-c2ccnc(Nc3cccc(N4CCN(C(C)C(=O)C(C)N5CCN(c6cccc(Nc7nccc(-c8sc(NC)nc8C)n7)c6)CC5)CC4)c3)n2)s1. The van der Waals surface area contributed by atoms with Crippen LogP contribution in [0, 0.1) is 13.8 Å². The Bertz CT molecular complexity index is 2260. The minimum absolute atomic E-state index is 0.155. The van der Waals surface area contributed by atoms with Crippen molar-refractivity contribution in [2.45, 2.75) is 39.8 Å². The van der Waals surface area contributed by atoms with E-state index in [1.165, 1.54) is 0 Å². The van der Waals surface area contributed by atoms with E-state index < -0.39 is 0 Å². The number of benzene rings is 2. The van der Waals surface area contributed by atoms with Gasteiger partial charge in [-0.1, -0.05) is 34.8 Å². The van der Waals surface area contributed by atoms with Crippen molar-refractivity contribution in [3.63, 3.8) is 0 Å². The first-order chi connectivity index (χ1) is 29.1. The maximum absolute atomic E-state index is 13.9. The van der Waals surface area contributed by atoms with Gasteiger partial charge in [0.25, 0.3) is 0 Å². The number of nitrogens with zero attached hydrogens (tertiary/aromatic N) is 10. The number of ketones is 1. The molecule has 2 unspecified atom stereocenters. The van der Waals surface area contributed by atoms with Gasteiger partial charge >= 0.3 is 0 Å². The van der Waals surface area contributed by atoms with E-state index in [1.54, 1.807) is 35.1 Å². The van der Waals surface area contributed by atoms with Crippen LogP contribution in [0.3, 0.4) is 0 Å². The van der Waals surface area contributed by atoms with Crippen LogP contribution in [0.1, 0.15) is 25.2 Å². The molecule has 2 atom stereocenters. The summed E-state index contributed by atoms with van der Waals surface area (Å²) in [6, 6.07) is 20.3. The molecule has 2 aromatic carbocycles. The molecule has 15 nitrogen and oxygen atoms in total. The zero-order valence-electron chi connectivity index (χ0n) is 34.9. The van der Waals surface area contributed by atoms with E-state index >= 15 is 0 Å². The summed E-state index contributed by atoms with van der Waals surface area (Å²) in [6.45, 7) is 14.8. The maximum atomic E-state index is 13.9. The first kappa shape index (κ1) is 41.0. The van der Waals surface area contributed by atoms with Crippen molar-refractivity contribution in [3.05, 3.63) is 84.4 Å². The highest BCUT2D eigenvalue weighted by molar-refractivity contribution is 7.19. The molecule has 4 N–H and O–H groups in total. The third-order valence-corrected chi connectivity index (χ3v) is 13.7. The Hall–Kier alpha value is -5.75. The molecule has 0 radical (unpaired) electrons. The van der Waals surface area contributed by atoms with Gasteiger partial charge in [0.2, 0.25) is 11.9 Å². The molecule has 2 fully saturated rings. The largest absolute Gasteiger partial charge is 0.369 e. The maximum Gasteiger partial charge on any atom is 0.227 e. The van der Waals surface area contributed by atoms with Crippen LogP contribution < -0.4 is 31.1 Å². The molecule has 0 saturated carbocycles. The Morgan fingerprint density at radius 2 is 1.02 bits per heavy atom. The van der Waals surface area contributed by atoms with E-state index in [0.717, 1.165) is 118 Å². The third-order valence-electron chi connectivity index (χ3n) is 11.3. The van der Waals surface area contributed by atoms with Gasteiger partial charge in [0.1, 0.15) is 0 Å². The van der Waals surface area contributed by atoms with Crippen molar-refractivity contribution in [3.8, 4) is 21.1 Å². The molecule has 0 spiro atoms. The topological polar surface area (TPSA) is 155 Å². The van der Waals surface area contributed by atoms with E-state index in [9.17, 15) is 4.79 Å². The quantitative estimate of drug-likeness (QED) is 0.0890. The molecule has 0 amide bonds. The molecule has 6 aromatic rings. The summed E-state index contributed by atoms with van der Waals surface area (Å²) in [5.74, 6) is 1.36. The van der Waals surface area contributed by atoms with Gasteiger partial charge < -0.3 is 31.1 Å². The number of hydrogen-bond donors (Lipinski definition) is 4. The fourth-order valence-electron chi connectivity index (χ4n) is 7.84. The second-order valence-corrected chi connectivity index (χ2v) is 17.0. The highest BCUT2D eigenvalue weighted by atomic mass is 32.1. The number of Topliss-reactive ketones (excluding diaryl/α,β-unsaturated/α-hetero) is 1. The average Bonchev–Trinajstić information content (AvgIpc) is 3.87. The first-order valence-electron chi connectivity index (χ1n) is 20.4. The molecule has 60 heavy (non-hydrogen) atoms. The van der Waals surface area contributed by atoms with Crippen LogP contribution in [0.2, 0.25) is 0 Å². The molecule has 17 heteroatoms. The van der Waals surface area contributed by atoms with Crippen molar-refractivity contribution in [2.75, 3.05) is 97.5 Å². The molecule has 2 aliphatic rings. The lowest BCUT2D eigenvalue weighted by molar-refractivity contribution is -0.128. The van der Waals surface area contributed by atoms with Crippen LogP contribution >= 0.6 is 22.7 Å². The van der Waals surface area contributed by atoms with Gasteiger partial charge in [0, 0.05) is 102 Å². The van der Waals surface area contributed by atoms with Gasteiger partial charge in [-0.15, -0.1) is 0 Å². The van der Waals surface area contributed by atoms with Crippen LogP contribution in [-0.4, -0.2) is 124 Å². The number of piperazine rings is 2. The molecule has 6 heterocycles. The highest BCUT2D eigenvalue weighted by Crippen LogP contribution is 2.34. The Balaban J connectivity index is 0.815. The Morgan fingerprint density at radius 3 is 1.40 bits per heavy atom. The van der Waals surface area contributed by atoms with Gasteiger partial charge in [-0.3, -0.25) is 14.6 Å². The van der Waals surface area contributed by atoms with Gasteiger partial charge in [-0.25, -0.2) is 29.9 Å². The monoisotopic (exact) mass is 844 g/mol. The fraction of sp³-hybridized carbons (Fsp3) is 0.372. The fourth-order valence-corrected chi connectivity index (χ4v) is 9.61. The van der Waals surface area contributed by atoms with Gasteiger partial charge in [-0.05, 0) is 76.2 Å². The Kier molecular flexibility index (Phi) is 12.5. The lowest BCUT2D eigenvalue weighted by atomic mass is 10.0. The molecule has 4 aromatic heterocycles. The van der Waals surface area contributed by atoms with E-state index in [2.05, 4.69) is 111 Å². The summed E-state index contributed by atoms with van der Waals surface area (Å²) in [4.78, 5) is 53.1. The molecular formula is C43H52N14OS2. The van der Waals surface area contributed by atoms with Crippen LogP contribution in [0.25, 0.3) is 21.1 Å². The molecule has 0 aliphatic carbocycles. The number of anilines is 8. The van der Waals surface area contributed by atoms with Crippen LogP contribution in [0.15, 0.2) is 73.1 Å². The van der Waals surface area contributed by atoms with Crippen LogP contribution in [0.4, 0.5) is 44.9 Å².